The fourth-order valence-electron chi connectivity index (χ4n) is 3.51. The molecule has 35 heavy (non-hydrogen) atoms. The molecule has 0 saturated heterocycles. The van der Waals surface area contributed by atoms with Crippen LogP contribution in [0.3, 0.4) is 0 Å². The fraction of sp³-hybridized carbons (Fsp3) is 0.160. The van der Waals surface area contributed by atoms with Crippen LogP contribution in [0.5, 0.6) is 5.75 Å². The van der Waals surface area contributed by atoms with Crippen molar-refractivity contribution < 1.29 is 14.5 Å². The summed E-state index contributed by atoms with van der Waals surface area (Å²) in [6.45, 7) is 1.81. The number of para-hydroxylation sites is 1. The van der Waals surface area contributed by atoms with Crippen LogP contribution in [0.25, 0.3) is 5.69 Å². The monoisotopic (exact) mass is 489 g/mol. The zero-order valence-corrected chi connectivity index (χ0v) is 19.9. The molecule has 4 aromatic rings. The second-order valence-corrected chi connectivity index (χ2v) is 8.56. The van der Waals surface area contributed by atoms with Crippen LogP contribution in [0.4, 0.5) is 5.69 Å². The van der Waals surface area contributed by atoms with Gasteiger partial charge in [0.25, 0.3) is 11.6 Å². The van der Waals surface area contributed by atoms with Crippen LogP contribution in [0, 0.1) is 10.1 Å². The lowest BCUT2D eigenvalue weighted by Crippen LogP contribution is -2.29. The number of non-ortho nitro benzene ring substituents is 1. The Bertz CT molecular complexity index is 1330. The number of rotatable bonds is 9. The first-order chi connectivity index (χ1) is 17.0. The number of hydrogen-bond donors (Lipinski definition) is 1. The van der Waals surface area contributed by atoms with Crippen molar-refractivity contribution in [1.29, 1.82) is 0 Å². The molecular formula is C25H23N5O4S. The van der Waals surface area contributed by atoms with Crippen LogP contribution in [-0.4, -0.2) is 32.7 Å². The number of hydrogen-bond acceptors (Lipinski definition) is 7. The lowest BCUT2D eigenvalue weighted by atomic mass is 10.1. The van der Waals surface area contributed by atoms with E-state index < -0.39 is 11.0 Å². The number of benzene rings is 3. The average Bonchev–Trinajstić information content (AvgIpc) is 3.32. The third-order valence-corrected chi connectivity index (χ3v) is 6.27. The quantitative estimate of drug-likeness (QED) is 0.201. The Morgan fingerprint density at radius 2 is 1.74 bits per heavy atom. The van der Waals surface area contributed by atoms with Crippen LogP contribution < -0.4 is 10.1 Å². The molecule has 9 nitrogen and oxygen atoms in total. The van der Waals surface area contributed by atoms with Crippen LogP contribution >= 0.6 is 11.8 Å². The van der Waals surface area contributed by atoms with Crippen molar-refractivity contribution in [3.05, 3.63) is 106 Å². The molecule has 0 aliphatic heterocycles. The Kier molecular flexibility index (Phi) is 7.41. The van der Waals surface area contributed by atoms with Crippen LogP contribution in [0.1, 0.15) is 34.7 Å². The summed E-state index contributed by atoms with van der Waals surface area (Å²) in [5.74, 6) is 1.31. The molecule has 178 valence electrons. The second kappa shape index (κ2) is 10.8. The summed E-state index contributed by atoms with van der Waals surface area (Å²) < 4.78 is 7.11. The van der Waals surface area contributed by atoms with Gasteiger partial charge in [0.05, 0.1) is 23.6 Å². The molecule has 0 saturated carbocycles. The molecule has 0 aliphatic carbocycles. The molecule has 0 aliphatic rings. The molecule has 1 N–H and O–H groups in total. The van der Waals surface area contributed by atoms with Crippen molar-refractivity contribution in [3.63, 3.8) is 0 Å². The van der Waals surface area contributed by atoms with Gasteiger partial charge in [-0.15, -0.1) is 10.2 Å². The molecule has 0 radical (unpaired) electrons. The molecule has 10 heteroatoms. The number of nitro groups is 1. The SMILES string of the molecule is COc1ccccc1C(=O)NC(C)c1nnc(SCc2ccccc2)n1-c1ccc([N+](=O)[O-])cc1. The normalized spacial score (nSPS) is 11.6. The maximum atomic E-state index is 13.0. The number of carbonyl (C=O) groups is 1. The van der Waals surface area contributed by atoms with Crippen molar-refractivity contribution in [2.24, 2.45) is 0 Å². The Hall–Kier alpha value is -4.18. The summed E-state index contributed by atoms with van der Waals surface area (Å²) in [6, 6.07) is 22.5. The molecule has 4 rings (SSSR count). The van der Waals surface area contributed by atoms with E-state index in [9.17, 15) is 14.9 Å². The topological polar surface area (TPSA) is 112 Å². The summed E-state index contributed by atoms with van der Waals surface area (Å²) in [5.41, 5.74) is 2.17. The van der Waals surface area contributed by atoms with Gasteiger partial charge in [-0.2, -0.15) is 0 Å². The van der Waals surface area contributed by atoms with Gasteiger partial charge in [0.1, 0.15) is 5.75 Å². The molecule has 1 aromatic heterocycles. The lowest BCUT2D eigenvalue weighted by Gasteiger charge is -2.17. The van der Waals surface area contributed by atoms with Crippen molar-refractivity contribution in [2.45, 2.75) is 23.9 Å². The molecule has 0 spiro atoms. The summed E-state index contributed by atoms with van der Waals surface area (Å²) in [7, 11) is 1.51. The number of nitrogens with one attached hydrogen (secondary N) is 1. The van der Waals surface area contributed by atoms with E-state index in [0.717, 1.165) is 5.56 Å². The number of thioether (sulfide) groups is 1. The van der Waals surface area contributed by atoms with E-state index in [1.165, 1.54) is 31.0 Å². The number of amides is 1. The Morgan fingerprint density at radius 3 is 2.43 bits per heavy atom. The van der Waals surface area contributed by atoms with Crippen molar-refractivity contribution >= 4 is 23.4 Å². The van der Waals surface area contributed by atoms with Crippen LogP contribution in [0.15, 0.2) is 84.0 Å². The zero-order valence-electron chi connectivity index (χ0n) is 19.1. The third-order valence-electron chi connectivity index (χ3n) is 5.27. The van der Waals surface area contributed by atoms with Crippen molar-refractivity contribution in [2.75, 3.05) is 7.11 Å². The highest BCUT2D eigenvalue weighted by atomic mass is 32.2. The highest BCUT2D eigenvalue weighted by Gasteiger charge is 2.23. The summed E-state index contributed by atoms with van der Waals surface area (Å²) in [4.78, 5) is 23.6. The van der Waals surface area contributed by atoms with Gasteiger partial charge in [-0.1, -0.05) is 54.2 Å². The van der Waals surface area contributed by atoms with E-state index in [4.69, 9.17) is 4.74 Å². The van der Waals surface area contributed by atoms with E-state index in [1.807, 2.05) is 41.8 Å². The van der Waals surface area contributed by atoms with Gasteiger partial charge < -0.3 is 10.1 Å². The molecule has 1 unspecified atom stereocenters. The number of aromatic nitrogens is 3. The van der Waals surface area contributed by atoms with Gasteiger partial charge in [-0.05, 0) is 36.8 Å². The maximum Gasteiger partial charge on any atom is 0.269 e. The predicted octanol–water partition coefficient (Wildman–Crippen LogP) is 4.97. The van der Waals surface area contributed by atoms with Crippen LogP contribution in [0.2, 0.25) is 0 Å². The van der Waals surface area contributed by atoms with E-state index in [2.05, 4.69) is 15.5 Å². The molecule has 1 amide bonds. The average molecular weight is 490 g/mol. The second-order valence-electron chi connectivity index (χ2n) is 7.62. The number of nitro benzene ring substituents is 1. The van der Waals surface area contributed by atoms with Gasteiger partial charge in [0.15, 0.2) is 11.0 Å². The van der Waals surface area contributed by atoms with Gasteiger partial charge in [-0.25, -0.2) is 0 Å². The standard InChI is InChI=1S/C25H23N5O4S/c1-17(26-24(31)21-10-6-7-11-22(21)34-2)23-27-28-25(35-16-18-8-4-3-5-9-18)29(23)19-12-14-20(15-13-19)30(32)33/h3-15,17H,16H2,1-2H3,(H,26,31). The smallest absolute Gasteiger partial charge is 0.269 e. The number of methoxy groups -OCH3 is 1. The Morgan fingerprint density at radius 1 is 1.06 bits per heavy atom. The van der Waals surface area contributed by atoms with Crippen molar-refractivity contribution in [3.8, 4) is 11.4 Å². The Labute approximate surface area is 206 Å². The highest BCUT2D eigenvalue weighted by Crippen LogP contribution is 2.29. The van der Waals surface area contributed by atoms with Gasteiger partial charge >= 0.3 is 0 Å². The van der Waals surface area contributed by atoms with Gasteiger partial charge in [-0.3, -0.25) is 19.5 Å². The van der Waals surface area contributed by atoms with Crippen LogP contribution in [-0.2, 0) is 5.75 Å². The first-order valence-corrected chi connectivity index (χ1v) is 11.8. The van der Waals surface area contributed by atoms with Crippen molar-refractivity contribution in [1.82, 2.24) is 20.1 Å². The largest absolute Gasteiger partial charge is 0.496 e. The molecule has 3 aromatic carbocycles. The van der Waals surface area contributed by atoms with E-state index in [1.54, 1.807) is 36.4 Å². The molecule has 1 atom stereocenters. The predicted molar refractivity (Wildman–Crippen MR) is 133 cm³/mol. The molecular weight excluding hydrogens is 466 g/mol. The minimum atomic E-state index is -0.513. The van der Waals surface area contributed by atoms with E-state index >= 15 is 0 Å². The van der Waals surface area contributed by atoms with Gasteiger partial charge in [0.2, 0.25) is 0 Å². The summed E-state index contributed by atoms with van der Waals surface area (Å²) in [5, 5.41) is 23.4. The van der Waals surface area contributed by atoms with E-state index in [0.29, 0.717) is 33.7 Å². The number of ether oxygens (including phenoxy) is 1. The fourth-order valence-corrected chi connectivity index (χ4v) is 4.43. The molecule has 0 bridgehead atoms. The summed E-state index contributed by atoms with van der Waals surface area (Å²) in [6.07, 6.45) is 0. The van der Waals surface area contributed by atoms with Gasteiger partial charge in [0, 0.05) is 23.6 Å². The first-order valence-electron chi connectivity index (χ1n) is 10.8. The van der Waals surface area contributed by atoms with E-state index in [-0.39, 0.29) is 11.6 Å². The number of nitrogens with zero attached hydrogens (tertiary/aromatic N) is 4. The maximum absolute atomic E-state index is 13.0. The Balaban J connectivity index is 1.65. The molecule has 1 heterocycles. The third kappa shape index (κ3) is 5.49. The number of carbonyl (C=O) groups excluding carboxylic acids is 1. The summed E-state index contributed by atoms with van der Waals surface area (Å²) >= 11 is 1.49. The molecule has 0 fully saturated rings. The highest BCUT2D eigenvalue weighted by molar-refractivity contribution is 7.98. The minimum Gasteiger partial charge on any atom is -0.496 e. The lowest BCUT2D eigenvalue weighted by molar-refractivity contribution is -0.384. The minimum absolute atomic E-state index is 0.0145. The zero-order chi connectivity index (χ0) is 24.8. The first kappa shape index (κ1) is 24.0.